The third-order valence-corrected chi connectivity index (χ3v) is 4.60. The Kier molecular flexibility index (Phi) is 4.99. The van der Waals surface area contributed by atoms with Crippen LogP contribution in [-0.4, -0.2) is 17.6 Å². The predicted octanol–water partition coefficient (Wildman–Crippen LogP) is 3.68. The van der Waals surface area contributed by atoms with Gasteiger partial charge in [0.15, 0.2) is 0 Å². The van der Waals surface area contributed by atoms with E-state index >= 15 is 0 Å². The molecule has 0 aromatic heterocycles. The van der Waals surface area contributed by atoms with Gasteiger partial charge in [-0.3, -0.25) is 4.79 Å². The summed E-state index contributed by atoms with van der Waals surface area (Å²) in [7, 11) is 0. The molecule has 4 heteroatoms. The van der Waals surface area contributed by atoms with Crippen molar-refractivity contribution in [2.45, 2.75) is 24.9 Å². The molecule has 1 amide bonds. The summed E-state index contributed by atoms with van der Waals surface area (Å²) in [5.74, 6) is 0.942. The molecule has 0 radical (unpaired) electrons. The van der Waals surface area contributed by atoms with Crippen LogP contribution in [0.5, 0.6) is 0 Å². The van der Waals surface area contributed by atoms with E-state index in [4.69, 9.17) is 11.6 Å². The Bertz CT molecular complexity index is 657. The van der Waals surface area contributed by atoms with E-state index in [1.807, 2.05) is 18.2 Å². The molecule has 3 unspecified atom stereocenters. The molecule has 0 bridgehead atoms. The smallest absolute Gasteiger partial charge is 0.222 e. The SMILES string of the molecule is O=C(CC(O)c1ccc(Cl)cc1)NCC1CC1c1ccccc1. The van der Waals surface area contributed by atoms with Crippen molar-refractivity contribution in [3.63, 3.8) is 0 Å². The lowest BCUT2D eigenvalue weighted by Crippen LogP contribution is -2.27. The summed E-state index contributed by atoms with van der Waals surface area (Å²) in [5.41, 5.74) is 2.05. The summed E-state index contributed by atoms with van der Waals surface area (Å²) in [6, 6.07) is 17.3. The monoisotopic (exact) mass is 329 g/mol. The van der Waals surface area contributed by atoms with Gasteiger partial charge >= 0.3 is 0 Å². The number of rotatable bonds is 6. The lowest BCUT2D eigenvalue weighted by molar-refractivity contribution is -0.123. The topological polar surface area (TPSA) is 49.3 Å². The lowest BCUT2D eigenvalue weighted by Gasteiger charge is -2.11. The minimum Gasteiger partial charge on any atom is -0.388 e. The van der Waals surface area contributed by atoms with Crippen molar-refractivity contribution in [2.75, 3.05) is 6.54 Å². The zero-order valence-electron chi connectivity index (χ0n) is 12.8. The second-order valence-electron chi connectivity index (χ2n) is 6.09. The molecule has 120 valence electrons. The molecular weight excluding hydrogens is 310 g/mol. The fourth-order valence-corrected chi connectivity index (χ4v) is 3.00. The van der Waals surface area contributed by atoms with Gasteiger partial charge in [0.25, 0.3) is 0 Å². The first-order valence-corrected chi connectivity index (χ1v) is 8.26. The fourth-order valence-electron chi connectivity index (χ4n) is 2.88. The molecule has 1 saturated carbocycles. The average Bonchev–Trinajstić information content (AvgIpc) is 3.34. The maximum absolute atomic E-state index is 12.0. The average molecular weight is 330 g/mol. The van der Waals surface area contributed by atoms with Crippen molar-refractivity contribution in [1.29, 1.82) is 0 Å². The quantitative estimate of drug-likeness (QED) is 0.849. The van der Waals surface area contributed by atoms with E-state index in [-0.39, 0.29) is 12.3 Å². The highest BCUT2D eigenvalue weighted by atomic mass is 35.5. The predicted molar refractivity (Wildman–Crippen MR) is 91.3 cm³/mol. The maximum Gasteiger partial charge on any atom is 0.222 e. The van der Waals surface area contributed by atoms with Crippen LogP contribution in [-0.2, 0) is 4.79 Å². The molecule has 1 fully saturated rings. The van der Waals surface area contributed by atoms with Crippen LogP contribution in [0.25, 0.3) is 0 Å². The van der Waals surface area contributed by atoms with Crippen LogP contribution in [0, 0.1) is 5.92 Å². The molecular formula is C19H20ClNO2. The second-order valence-corrected chi connectivity index (χ2v) is 6.52. The van der Waals surface area contributed by atoms with Gasteiger partial charge in [-0.05, 0) is 41.5 Å². The summed E-state index contributed by atoms with van der Waals surface area (Å²) >= 11 is 5.82. The number of carbonyl (C=O) groups excluding carboxylic acids is 1. The number of benzene rings is 2. The molecule has 1 aliphatic carbocycles. The van der Waals surface area contributed by atoms with Crippen molar-refractivity contribution >= 4 is 17.5 Å². The van der Waals surface area contributed by atoms with Crippen LogP contribution in [0.15, 0.2) is 54.6 Å². The highest BCUT2D eigenvalue weighted by molar-refractivity contribution is 6.30. The van der Waals surface area contributed by atoms with Crippen LogP contribution in [0.2, 0.25) is 5.02 Å². The van der Waals surface area contributed by atoms with Crippen molar-refractivity contribution in [2.24, 2.45) is 5.92 Å². The molecule has 2 N–H and O–H groups in total. The van der Waals surface area contributed by atoms with E-state index in [9.17, 15) is 9.90 Å². The van der Waals surface area contributed by atoms with Crippen LogP contribution in [0.1, 0.15) is 36.0 Å². The van der Waals surface area contributed by atoms with Crippen molar-refractivity contribution in [3.8, 4) is 0 Å². The van der Waals surface area contributed by atoms with E-state index < -0.39 is 6.10 Å². The standard InChI is InChI=1S/C19H20ClNO2/c20-16-8-6-14(7-9-16)18(22)11-19(23)21-12-15-10-17(15)13-4-2-1-3-5-13/h1-9,15,17-18,22H,10-12H2,(H,21,23). The lowest BCUT2D eigenvalue weighted by atomic mass is 10.1. The fraction of sp³-hybridized carbons (Fsp3) is 0.316. The van der Waals surface area contributed by atoms with Gasteiger partial charge in [-0.25, -0.2) is 0 Å². The first-order chi connectivity index (χ1) is 11.1. The summed E-state index contributed by atoms with van der Waals surface area (Å²) in [6.07, 6.45) is 0.394. The van der Waals surface area contributed by atoms with E-state index in [0.717, 1.165) is 6.42 Å². The third kappa shape index (κ3) is 4.34. The van der Waals surface area contributed by atoms with Crippen molar-refractivity contribution in [1.82, 2.24) is 5.32 Å². The second kappa shape index (κ2) is 7.16. The molecule has 0 saturated heterocycles. The number of amides is 1. The number of hydrogen-bond donors (Lipinski definition) is 2. The Morgan fingerprint density at radius 2 is 1.87 bits per heavy atom. The molecule has 1 aliphatic rings. The zero-order valence-corrected chi connectivity index (χ0v) is 13.5. The molecule has 0 aliphatic heterocycles. The molecule has 0 heterocycles. The van der Waals surface area contributed by atoms with E-state index in [1.165, 1.54) is 5.56 Å². The van der Waals surface area contributed by atoms with E-state index in [1.54, 1.807) is 24.3 Å². The third-order valence-electron chi connectivity index (χ3n) is 4.35. The Morgan fingerprint density at radius 1 is 1.17 bits per heavy atom. The van der Waals surface area contributed by atoms with Crippen molar-refractivity contribution < 1.29 is 9.90 Å². The number of nitrogens with one attached hydrogen (secondary N) is 1. The Balaban J connectivity index is 1.43. The Morgan fingerprint density at radius 3 is 2.57 bits per heavy atom. The molecule has 2 aromatic carbocycles. The molecule has 3 atom stereocenters. The maximum atomic E-state index is 12.0. The van der Waals surface area contributed by atoms with Crippen LogP contribution >= 0.6 is 11.6 Å². The first kappa shape index (κ1) is 16.0. The zero-order chi connectivity index (χ0) is 16.2. The van der Waals surface area contributed by atoms with E-state index in [0.29, 0.717) is 29.0 Å². The number of halogens is 1. The molecule has 0 spiro atoms. The summed E-state index contributed by atoms with van der Waals surface area (Å²) in [4.78, 5) is 12.0. The van der Waals surface area contributed by atoms with Gasteiger partial charge in [-0.15, -0.1) is 0 Å². The first-order valence-electron chi connectivity index (χ1n) is 7.88. The van der Waals surface area contributed by atoms with Gasteiger partial charge in [0.1, 0.15) is 0 Å². The highest BCUT2D eigenvalue weighted by Crippen LogP contribution is 2.46. The van der Waals surface area contributed by atoms with Crippen molar-refractivity contribution in [3.05, 3.63) is 70.7 Å². The number of aliphatic hydroxyl groups is 1. The van der Waals surface area contributed by atoms with Gasteiger partial charge in [0, 0.05) is 11.6 Å². The highest BCUT2D eigenvalue weighted by Gasteiger charge is 2.38. The van der Waals surface area contributed by atoms with Crippen LogP contribution in [0.4, 0.5) is 0 Å². The summed E-state index contributed by atoms with van der Waals surface area (Å²) in [5, 5.41) is 13.6. The molecule has 3 rings (SSSR count). The van der Waals surface area contributed by atoms with Gasteiger partial charge in [0.05, 0.1) is 12.5 Å². The molecule has 3 nitrogen and oxygen atoms in total. The number of carbonyl (C=O) groups is 1. The van der Waals surface area contributed by atoms with Crippen LogP contribution < -0.4 is 5.32 Å². The Labute approximate surface area is 141 Å². The summed E-state index contributed by atoms with van der Waals surface area (Å²) in [6.45, 7) is 0.672. The van der Waals surface area contributed by atoms with Gasteiger partial charge in [-0.2, -0.15) is 0 Å². The largest absolute Gasteiger partial charge is 0.388 e. The number of hydrogen-bond acceptors (Lipinski definition) is 2. The normalized spacial score (nSPS) is 20.8. The van der Waals surface area contributed by atoms with Gasteiger partial charge in [-0.1, -0.05) is 54.1 Å². The Hall–Kier alpha value is -1.84. The van der Waals surface area contributed by atoms with Crippen LogP contribution in [0.3, 0.4) is 0 Å². The van der Waals surface area contributed by atoms with Gasteiger partial charge < -0.3 is 10.4 Å². The molecule has 2 aromatic rings. The minimum absolute atomic E-state index is 0.0738. The molecule has 23 heavy (non-hydrogen) atoms. The minimum atomic E-state index is -0.795. The van der Waals surface area contributed by atoms with E-state index in [2.05, 4.69) is 17.4 Å². The van der Waals surface area contributed by atoms with Gasteiger partial charge in [0.2, 0.25) is 5.91 Å². The summed E-state index contributed by atoms with van der Waals surface area (Å²) < 4.78 is 0. The number of aliphatic hydroxyl groups excluding tert-OH is 1.